The summed E-state index contributed by atoms with van der Waals surface area (Å²) in [5.41, 5.74) is 3.40. The van der Waals surface area contributed by atoms with Gasteiger partial charge >= 0.3 is 6.03 Å². The zero-order chi connectivity index (χ0) is 15.5. The summed E-state index contributed by atoms with van der Waals surface area (Å²) in [6.07, 6.45) is 1.66. The van der Waals surface area contributed by atoms with E-state index in [1.54, 1.807) is 12.3 Å². The minimum Gasteiger partial charge on any atom is -0.340 e. The summed E-state index contributed by atoms with van der Waals surface area (Å²) >= 11 is 0. The molecule has 0 saturated carbocycles. The third-order valence-corrected chi connectivity index (χ3v) is 3.32. The quantitative estimate of drug-likeness (QED) is 0.694. The molecule has 0 aliphatic rings. The van der Waals surface area contributed by atoms with Gasteiger partial charge in [0.15, 0.2) is 0 Å². The number of aromatic amines is 1. The normalized spacial score (nSPS) is 12.1. The largest absolute Gasteiger partial charge is 0.340 e. The first-order valence-electron chi connectivity index (χ1n) is 7.06. The first-order valence-corrected chi connectivity index (χ1v) is 7.06. The number of urea groups is 1. The zero-order valence-electron chi connectivity index (χ0n) is 12.4. The van der Waals surface area contributed by atoms with E-state index in [0.29, 0.717) is 5.69 Å². The zero-order valence-corrected chi connectivity index (χ0v) is 12.4. The molecule has 2 aromatic heterocycles. The standard InChI is InChI=1S/C16H17N5O/c1-10-9-12(7-8-17-10)19-16(22)18-11(2)15-20-13-5-3-4-6-14(13)21-15/h3-9,11H,1-2H3,(H,20,21)(H2,17,18,19,22)/t11-/m1/s1. The van der Waals surface area contributed by atoms with Gasteiger partial charge in [-0.2, -0.15) is 0 Å². The van der Waals surface area contributed by atoms with Crippen LogP contribution in [0, 0.1) is 6.92 Å². The molecule has 3 aromatic rings. The predicted molar refractivity (Wildman–Crippen MR) is 85.6 cm³/mol. The molecule has 0 unspecified atom stereocenters. The number of nitrogens with one attached hydrogen (secondary N) is 3. The molecule has 1 atom stereocenters. The van der Waals surface area contributed by atoms with Crippen LogP contribution in [0.5, 0.6) is 0 Å². The number of pyridine rings is 1. The number of H-pyrrole nitrogens is 1. The Morgan fingerprint density at radius 2 is 2.09 bits per heavy atom. The van der Waals surface area contributed by atoms with Gasteiger partial charge in [-0.3, -0.25) is 4.98 Å². The van der Waals surface area contributed by atoms with E-state index in [-0.39, 0.29) is 12.1 Å². The van der Waals surface area contributed by atoms with Crippen molar-refractivity contribution in [1.29, 1.82) is 0 Å². The Morgan fingerprint density at radius 1 is 1.27 bits per heavy atom. The maximum atomic E-state index is 12.0. The molecule has 1 aromatic carbocycles. The molecule has 0 aliphatic carbocycles. The van der Waals surface area contributed by atoms with Gasteiger partial charge in [0.1, 0.15) is 5.82 Å². The molecule has 2 amide bonds. The van der Waals surface area contributed by atoms with Gasteiger partial charge in [-0.15, -0.1) is 0 Å². The van der Waals surface area contributed by atoms with Crippen LogP contribution in [0.25, 0.3) is 11.0 Å². The Morgan fingerprint density at radius 3 is 2.86 bits per heavy atom. The molecule has 0 fully saturated rings. The highest BCUT2D eigenvalue weighted by molar-refractivity contribution is 5.89. The van der Waals surface area contributed by atoms with Crippen molar-refractivity contribution in [3.63, 3.8) is 0 Å². The number of carbonyl (C=O) groups is 1. The molecule has 6 nitrogen and oxygen atoms in total. The minimum atomic E-state index is -0.279. The second-order valence-corrected chi connectivity index (χ2v) is 5.15. The molecule has 0 saturated heterocycles. The number of aryl methyl sites for hydroxylation is 1. The number of amides is 2. The first kappa shape index (κ1) is 14.1. The number of hydrogen-bond acceptors (Lipinski definition) is 3. The lowest BCUT2D eigenvalue weighted by molar-refractivity contribution is 0.249. The summed E-state index contributed by atoms with van der Waals surface area (Å²) in [5.74, 6) is 0.724. The molecule has 0 aliphatic heterocycles. The Balaban J connectivity index is 1.68. The number of fused-ring (bicyclic) bond motifs is 1. The smallest absolute Gasteiger partial charge is 0.319 e. The van der Waals surface area contributed by atoms with Crippen LogP contribution in [0.2, 0.25) is 0 Å². The van der Waals surface area contributed by atoms with Crippen LogP contribution in [0.4, 0.5) is 10.5 Å². The summed E-state index contributed by atoms with van der Waals surface area (Å²) in [6.45, 7) is 3.76. The molecule has 112 valence electrons. The number of aromatic nitrogens is 3. The van der Waals surface area contributed by atoms with Crippen molar-refractivity contribution in [2.24, 2.45) is 0 Å². The fraction of sp³-hybridized carbons (Fsp3) is 0.188. The van der Waals surface area contributed by atoms with Crippen molar-refractivity contribution < 1.29 is 4.79 Å². The molecule has 22 heavy (non-hydrogen) atoms. The van der Waals surface area contributed by atoms with Crippen LogP contribution in [-0.2, 0) is 0 Å². The Hall–Kier alpha value is -2.89. The third kappa shape index (κ3) is 3.06. The van der Waals surface area contributed by atoms with Crippen molar-refractivity contribution in [2.75, 3.05) is 5.32 Å². The van der Waals surface area contributed by atoms with Gasteiger partial charge < -0.3 is 15.6 Å². The maximum Gasteiger partial charge on any atom is 0.319 e. The minimum absolute atomic E-state index is 0.227. The molecule has 6 heteroatoms. The van der Waals surface area contributed by atoms with Crippen molar-refractivity contribution in [3.05, 3.63) is 54.1 Å². The van der Waals surface area contributed by atoms with Gasteiger partial charge in [-0.05, 0) is 38.1 Å². The molecule has 0 spiro atoms. The number of para-hydroxylation sites is 2. The lowest BCUT2D eigenvalue weighted by Crippen LogP contribution is -2.31. The number of imidazole rings is 1. The van der Waals surface area contributed by atoms with Crippen molar-refractivity contribution in [2.45, 2.75) is 19.9 Å². The molecule has 0 bridgehead atoms. The van der Waals surface area contributed by atoms with Gasteiger partial charge in [0.25, 0.3) is 0 Å². The highest BCUT2D eigenvalue weighted by Gasteiger charge is 2.13. The number of rotatable bonds is 3. The summed E-state index contributed by atoms with van der Waals surface area (Å²) in [7, 11) is 0. The molecule has 3 rings (SSSR count). The number of benzene rings is 1. The van der Waals surface area contributed by atoms with Crippen molar-refractivity contribution >= 4 is 22.8 Å². The topological polar surface area (TPSA) is 82.7 Å². The van der Waals surface area contributed by atoms with E-state index < -0.39 is 0 Å². The number of anilines is 1. The van der Waals surface area contributed by atoms with E-state index in [9.17, 15) is 4.79 Å². The van der Waals surface area contributed by atoms with E-state index in [1.807, 2.05) is 44.2 Å². The van der Waals surface area contributed by atoms with Gasteiger partial charge in [0.2, 0.25) is 0 Å². The molecule has 3 N–H and O–H groups in total. The lowest BCUT2D eigenvalue weighted by atomic mass is 10.3. The monoisotopic (exact) mass is 295 g/mol. The van der Waals surface area contributed by atoms with Gasteiger partial charge in [-0.25, -0.2) is 9.78 Å². The van der Waals surface area contributed by atoms with Crippen LogP contribution >= 0.6 is 0 Å². The van der Waals surface area contributed by atoms with Gasteiger partial charge in [-0.1, -0.05) is 12.1 Å². The average Bonchev–Trinajstić information content (AvgIpc) is 2.91. The van der Waals surface area contributed by atoms with E-state index in [0.717, 1.165) is 22.6 Å². The number of nitrogens with zero attached hydrogens (tertiary/aromatic N) is 2. The van der Waals surface area contributed by atoms with Gasteiger partial charge in [0.05, 0.1) is 17.1 Å². The van der Waals surface area contributed by atoms with Crippen LogP contribution in [0.1, 0.15) is 24.5 Å². The third-order valence-electron chi connectivity index (χ3n) is 3.32. The van der Waals surface area contributed by atoms with Crippen molar-refractivity contribution in [1.82, 2.24) is 20.3 Å². The van der Waals surface area contributed by atoms with Crippen LogP contribution < -0.4 is 10.6 Å². The number of hydrogen-bond donors (Lipinski definition) is 3. The fourth-order valence-corrected chi connectivity index (χ4v) is 2.23. The molecular weight excluding hydrogens is 278 g/mol. The van der Waals surface area contributed by atoms with E-state index in [4.69, 9.17) is 0 Å². The Bertz CT molecular complexity index is 778. The molecular formula is C16H17N5O. The van der Waals surface area contributed by atoms with Crippen LogP contribution in [-0.4, -0.2) is 21.0 Å². The van der Waals surface area contributed by atoms with E-state index >= 15 is 0 Å². The van der Waals surface area contributed by atoms with Crippen molar-refractivity contribution in [3.8, 4) is 0 Å². The van der Waals surface area contributed by atoms with Crippen LogP contribution in [0.15, 0.2) is 42.6 Å². The first-order chi connectivity index (χ1) is 10.6. The summed E-state index contributed by atoms with van der Waals surface area (Å²) in [4.78, 5) is 23.8. The van der Waals surface area contributed by atoms with E-state index in [1.165, 1.54) is 0 Å². The Kier molecular flexibility index (Phi) is 3.74. The molecule has 0 radical (unpaired) electrons. The number of carbonyl (C=O) groups excluding carboxylic acids is 1. The summed E-state index contributed by atoms with van der Waals surface area (Å²) in [5, 5.41) is 5.65. The van der Waals surface area contributed by atoms with Gasteiger partial charge in [0, 0.05) is 17.6 Å². The summed E-state index contributed by atoms with van der Waals surface area (Å²) < 4.78 is 0. The second kappa shape index (κ2) is 5.85. The predicted octanol–water partition coefficient (Wildman–Crippen LogP) is 3.15. The maximum absolute atomic E-state index is 12.0. The fourth-order valence-electron chi connectivity index (χ4n) is 2.23. The second-order valence-electron chi connectivity index (χ2n) is 5.15. The highest BCUT2D eigenvalue weighted by atomic mass is 16.2. The van der Waals surface area contributed by atoms with Crippen LogP contribution in [0.3, 0.4) is 0 Å². The lowest BCUT2D eigenvalue weighted by Gasteiger charge is -2.12. The SMILES string of the molecule is Cc1cc(NC(=O)N[C@H](C)c2nc3ccccc3[nH]2)ccn1. The Labute approximate surface area is 128 Å². The highest BCUT2D eigenvalue weighted by Crippen LogP contribution is 2.15. The van der Waals surface area contributed by atoms with E-state index in [2.05, 4.69) is 25.6 Å². The molecule has 2 heterocycles. The summed E-state index contributed by atoms with van der Waals surface area (Å²) in [6, 6.07) is 10.8. The average molecular weight is 295 g/mol.